The van der Waals surface area contributed by atoms with Gasteiger partial charge in [-0.2, -0.15) is 0 Å². The van der Waals surface area contributed by atoms with E-state index in [9.17, 15) is 13.8 Å². The summed E-state index contributed by atoms with van der Waals surface area (Å²) in [6.07, 6.45) is 7.99. The third-order valence-corrected chi connectivity index (χ3v) is 11.5. The van der Waals surface area contributed by atoms with Crippen molar-refractivity contribution in [3.05, 3.63) is 58.1 Å². The molecule has 2 aromatic rings. The van der Waals surface area contributed by atoms with Crippen LogP contribution in [0.25, 0.3) is 0 Å². The molecule has 236 valence electrons. The summed E-state index contributed by atoms with van der Waals surface area (Å²) in [5.41, 5.74) is 3.87. The fraction of sp³-hybridized carbons (Fsp3) is 0.600. The van der Waals surface area contributed by atoms with Crippen molar-refractivity contribution >= 4 is 40.5 Å². The van der Waals surface area contributed by atoms with Crippen molar-refractivity contribution < 1.29 is 18.5 Å². The van der Waals surface area contributed by atoms with Crippen LogP contribution in [0.4, 0.5) is 5.69 Å². The Hall–Kier alpha value is -2.38. The van der Waals surface area contributed by atoms with Gasteiger partial charge in [0.2, 0.25) is 0 Å². The Kier molecular flexibility index (Phi) is 12.1. The average molecular weight is 629 g/mol. The van der Waals surface area contributed by atoms with Crippen LogP contribution in [0.5, 0.6) is 5.75 Å². The Morgan fingerprint density at radius 1 is 1.07 bits per heavy atom. The molecule has 1 N–H and O–H groups in total. The molecule has 1 fully saturated rings. The predicted molar refractivity (Wildman–Crippen MR) is 178 cm³/mol. The van der Waals surface area contributed by atoms with Gasteiger partial charge < -0.3 is 14.4 Å². The number of aldehydes is 1. The summed E-state index contributed by atoms with van der Waals surface area (Å²) in [6, 6.07) is 11.7. The second-order valence-electron chi connectivity index (χ2n) is 12.3. The molecule has 3 aliphatic rings. The van der Waals surface area contributed by atoms with Gasteiger partial charge in [0.05, 0.1) is 17.5 Å². The van der Waals surface area contributed by atoms with Gasteiger partial charge in [0.15, 0.2) is 0 Å². The molecule has 0 saturated heterocycles. The first-order valence-corrected chi connectivity index (χ1v) is 17.8. The van der Waals surface area contributed by atoms with Gasteiger partial charge in [-0.15, -0.1) is 0 Å². The summed E-state index contributed by atoms with van der Waals surface area (Å²) in [7, 11) is -1.51. The van der Waals surface area contributed by atoms with E-state index in [0.717, 1.165) is 74.5 Å². The molecule has 7 atom stereocenters. The molecule has 0 spiro atoms. The van der Waals surface area contributed by atoms with E-state index in [-0.39, 0.29) is 28.9 Å². The zero-order valence-corrected chi connectivity index (χ0v) is 28.0. The van der Waals surface area contributed by atoms with E-state index >= 15 is 0 Å². The molecular weight excluding hydrogens is 580 g/mol. The van der Waals surface area contributed by atoms with E-state index in [2.05, 4.69) is 35.6 Å². The van der Waals surface area contributed by atoms with Crippen molar-refractivity contribution in [2.24, 2.45) is 23.7 Å². The Morgan fingerprint density at radius 2 is 1.86 bits per heavy atom. The van der Waals surface area contributed by atoms with Gasteiger partial charge in [-0.25, -0.2) is 4.21 Å². The largest absolute Gasteiger partial charge is 0.491 e. The molecule has 0 radical (unpaired) electrons. The summed E-state index contributed by atoms with van der Waals surface area (Å²) in [5.74, 6) is 1.54. The van der Waals surface area contributed by atoms with E-state index in [4.69, 9.17) is 16.3 Å². The standard InChI is InChI=1S/C33H43ClN2O4S.C2H6/c1-4-6-23-15-28(34)11-13-29(23)27-18-36-17-25-9-12-30(25)26(19-37)8-5-7-21(2)22(3)41(39)35-33(38)24-10-14-32(40-20-27)31(36)16-24;1-2/h10-11,13-16,19,21-22,25-27,30H,4-9,12,17-18,20H2,1-3H3,(H,35,38);1-2H3. The van der Waals surface area contributed by atoms with Crippen LogP contribution in [0.15, 0.2) is 36.4 Å². The first-order chi connectivity index (χ1) is 20.8. The summed E-state index contributed by atoms with van der Waals surface area (Å²) in [6.45, 7) is 12.3. The lowest BCUT2D eigenvalue weighted by Crippen LogP contribution is -2.43. The molecule has 8 heteroatoms. The summed E-state index contributed by atoms with van der Waals surface area (Å²) >= 11 is 6.39. The Morgan fingerprint density at radius 3 is 2.56 bits per heavy atom. The minimum absolute atomic E-state index is 0.0478. The lowest BCUT2D eigenvalue weighted by Gasteiger charge is -2.43. The highest BCUT2D eigenvalue weighted by atomic mass is 35.5. The molecule has 43 heavy (non-hydrogen) atoms. The number of nitrogens with zero attached hydrogens (tertiary/aromatic N) is 1. The average Bonchev–Trinajstić information content (AvgIpc) is 3.18. The second-order valence-corrected chi connectivity index (χ2v) is 14.3. The third kappa shape index (κ3) is 7.83. The highest BCUT2D eigenvalue weighted by Crippen LogP contribution is 2.44. The van der Waals surface area contributed by atoms with Crippen LogP contribution in [-0.2, 0) is 22.2 Å². The van der Waals surface area contributed by atoms with Crippen LogP contribution in [0, 0.1) is 23.7 Å². The molecule has 1 aliphatic carbocycles. The van der Waals surface area contributed by atoms with Gasteiger partial charge in [0.1, 0.15) is 23.0 Å². The number of carbonyl (C=O) groups is 2. The van der Waals surface area contributed by atoms with Crippen LogP contribution in [-0.4, -0.2) is 41.3 Å². The third-order valence-electron chi connectivity index (χ3n) is 9.69. The molecule has 1 amide bonds. The minimum Gasteiger partial charge on any atom is -0.491 e. The second kappa shape index (κ2) is 15.6. The van der Waals surface area contributed by atoms with Crippen molar-refractivity contribution in [2.75, 3.05) is 24.6 Å². The van der Waals surface area contributed by atoms with Crippen LogP contribution in [0.2, 0.25) is 5.02 Å². The zero-order valence-electron chi connectivity index (χ0n) is 26.4. The molecule has 2 bridgehead atoms. The van der Waals surface area contributed by atoms with Crippen LogP contribution < -0.4 is 14.4 Å². The number of ether oxygens (including phenoxy) is 1. The molecule has 2 aliphatic heterocycles. The molecule has 6 nitrogen and oxygen atoms in total. The lowest BCUT2D eigenvalue weighted by atomic mass is 9.66. The molecule has 0 aromatic heterocycles. The molecule has 1 saturated carbocycles. The SMILES string of the molecule is CC.CCCc1cc(Cl)ccc1C1COc2ccc3cc2N(C1)CC1CCC1C(C=O)CCCC(C)C(C)S(=O)NC3=O. The van der Waals surface area contributed by atoms with Crippen molar-refractivity contribution in [2.45, 2.75) is 90.7 Å². The van der Waals surface area contributed by atoms with Crippen LogP contribution in [0.3, 0.4) is 0 Å². The number of amides is 1. The van der Waals surface area contributed by atoms with E-state index < -0.39 is 11.0 Å². The Balaban J connectivity index is 0.00000207. The van der Waals surface area contributed by atoms with Gasteiger partial charge in [0.25, 0.3) is 5.91 Å². The minimum atomic E-state index is -1.51. The summed E-state index contributed by atoms with van der Waals surface area (Å²) in [4.78, 5) is 27.9. The topological polar surface area (TPSA) is 75.7 Å². The van der Waals surface area contributed by atoms with Crippen molar-refractivity contribution in [3.8, 4) is 5.75 Å². The van der Waals surface area contributed by atoms with Crippen molar-refractivity contribution in [3.63, 3.8) is 0 Å². The normalized spacial score (nSPS) is 29.4. The van der Waals surface area contributed by atoms with Crippen LogP contribution >= 0.6 is 11.6 Å². The number of anilines is 1. The highest BCUT2D eigenvalue weighted by molar-refractivity contribution is 7.84. The number of nitrogens with one attached hydrogen (secondary N) is 1. The number of halogens is 1. The molecule has 2 aromatic carbocycles. The van der Waals surface area contributed by atoms with E-state index in [1.165, 1.54) is 17.4 Å². The number of fused-ring (bicyclic) bond motifs is 2. The smallest absolute Gasteiger partial charge is 0.263 e. The number of hydrogen-bond acceptors (Lipinski definition) is 5. The first kappa shape index (κ1) is 33.5. The maximum atomic E-state index is 13.3. The fourth-order valence-corrected chi connectivity index (χ4v) is 8.11. The fourth-order valence-electron chi connectivity index (χ4n) is 6.87. The van der Waals surface area contributed by atoms with Crippen LogP contribution in [0.1, 0.15) is 101 Å². The molecule has 5 rings (SSSR count). The Bertz CT molecular complexity index is 1290. The quantitative estimate of drug-likeness (QED) is 0.351. The number of rotatable bonds is 4. The molecular formula is C35H49ClN2O4S. The number of benzene rings is 2. The van der Waals surface area contributed by atoms with Crippen molar-refractivity contribution in [1.29, 1.82) is 0 Å². The summed E-state index contributed by atoms with van der Waals surface area (Å²) in [5, 5.41) is 0.560. The predicted octanol–water partition coefficient (Wildman–Crippen LogP) is 7.74. The van der Waals surface area contributed by atoms with Gasteiger partial charge >= 0.3 is 0 Å². The maximum Gasteiger partial charge on any atom is 0.263 e. The van der Waals surface area contributed by atoms with Crippen molar-refractivity contribution in [1.82, 2.24) is 4.72 Å². The lowest BCUT2D eigenvalue weighted by molar-refractivity contribution is -0.115. The van der Waals surface area contributed by atoms with Gasteiger partial charge in [-0.1, -0.05) is 58.2 Å². The van der Waals surface area contributed by atoms with Gasteiger partial charge in [0, 0.05) is 35.5 Å². The monoisotopic (exact) mass is 628 g/mol. The van der Waals surface area contributed by atoms with E-state index in [0.29, 0.717) is 24.0 Å². The number of aryl methyl sites for hydroxylation is 1. The molecule has 2 heterocycles. The maximum absolute atomic E-state index is 13.3. The van der Waals surface area contributed by atoms with E-state index in [1.807, 2.05) is 39.0 Å². The highest BCUT2D eigenvalue weighted by Gasteiger charge is 2.39. The first-order valence-electron chi connectivity index (χ1n) is 16.3. The number of hydrogen-bond donors (Lipinski definition) is 1. The zero-order chi connectivity index (χ0) is 31.1. The Labute approximate surface area is 265 Å². The number of carbonyl (C=O) groups excluding carboxylic acids is 2. The van der Waals surface area contributed by atoms with Gasteiger partial charge in [-0.3, -0.25) is 9.52 Å². The molecule has 7 unspecified atom stereocenters. The van der Waals surface area contributed by atoms with Gasteiger partial charge in [-0.05, 0) is 98.2 Å². The summed E-state index contributed by atoms with van der Waals surface area (Å²) < 4.78 is 22.3. The van der Waals surface area contributed by atoms with E-state index in [1.54, 1.807) is 6.07 Å².